The maximum atomic E-state index is 8.93. The molecule has 3 rings (SSSR count). The number of hydrazine groups is 1. The van der Waals surface area contributed by atoms with Gasteiger partial charge in [-0.25, -0.2) is 5.43 Å². The Bertz CT molecular complexity index is 653. The molecule has 0 fully saturated rings. The molecule has 1 aliphatic heterocycles. The van der Waals surface area contributed by atoms with E-state index in [2.05, 4.69) is 35.1 Å². The molecule has 0 bridgehead atoms. The zero-order chi connectivity index (χ0) is 13.1. The fraction of sp³-hybridized carbons (Fsp3) is 0.0625. The van der Waals surface area contributed by atoms with E-state index in [1.54, 1.807) is 6.07 Å². The Morgan fingerprint density at radius 3 is 2.63 bits per heavy atom. The lowest BCUT2D eigenvalue weighted by Gasteiger charge is -2.08. The van der Waals surface area contributed by atoms with Crippen molar-refractivity contribution in [3.63, 3.8) is 0 Å². The average Bonchev–Trinajstić information content (AvgIpc) is 2.98. The Balaban J connectivity index is 1.89. The Labute approximate surface area is 112 Å². The molecule has 1 aliphatic rings. The minimum Gasteiger partial charge on any atom is -0.320 e. The first-order valence-electron chi connectivity index (χ1n) is 6.16. The molecule has 3 nitrogen and oxygen atoms in total. The Morgan fingerprint density at radius 2 is 1.84 bits per heavy atom. The summed E-state index contributed by atoms with van der Waals surface area (Å²) in [5.41, 5.74) is 10.3. The molecule has 0 radical (unpaired) electrons. The van der Waals surface area contributed by atoms with Crippen LogP contribution in [0, 0.1) is 11.3 Å². The average molecular weight is 247 g/mol. The summed E-state index contributed by atoms with van der Waals surface area (Å²) in [5, 5.41) is 8.93. The van der Waals surface area contributed by atoms with Crippen LogP contribution in [0.4, 0.5) is 0 Å². The van der Waals surface area contributed by atoms with E-state index in [0.29, 0.717) is 5.56 Å². The van der Waals surface area contributed by atoms with Crippen LogP contribution in [0.1, 0.15) is 22.7 Å². The maximum Gasteiger partial charge on any atom is 0.0991 e. The summed E-state index contributed by atoms with van der Waals surface area (Å²) in [6, 6.07) is 20.1. The smallest absolute Gasteiger partial charge is 0.0991 e. The topological polar surface area (TPSA) is 47.9 Å². The van der Waals surface area contributed by atoms with E-state index in [1.165, 1.54) is 5.56 Å². The molecule has 0 spiro atoms. The summed E-state index contributed by atoms with van der Waals surface area (Å²) in [4.78, 5) is 0. The molecule has 0 aliphatic carbocycles. The fourth-order valence-electron chi connectivity index (χ4n) is 2.17. The van der Waals surface area contributed by atoms with E-state index in [0.717, 1.165) is 11.3 Å². The van der Waals surface area contributed by atoms with Crippen molar-refractivity contribution in [2.45, 2.75) is 6.04 Å². The minimum absolute atomic E-state index is 0.155. The van der Waals surface area contributed by atoms with Crippen LogP contribution in [-0.2, 0) is 0 Å². The predicted octanol–water partition coefficient (Wildman–Crippen LogP) is 2.75. The molecule has 1 unspecified atom stereocenters. The Hall–Kier alpha value is -2.57. The van der Waals surface area contributed by atoms with Crippen molar-refractivity contribution in [2.75, 3.05) is 0 Å². The van der Waals surface area contributed by atoms with E-state index in [1.807, 2.05) is 36.4 Å². The van der Waals surface area contributed by atoms with Gasteiger partial charge in [0.25, 0.3) is 0 Å². The van der Waals surface area contributed by atoms with Crippen molar-refractivity contribution in [1.29, 1.82) is 5.26 Å². The zero-order valence-corrected chi connectivity index (χ0v) is 10.3. The lowest BCUT2D eigenvalue weighted by Crippen LogP contribution is -2.26. The number of nitrogens with zero attached hydrogens (tertiary/aromatic N) is 1. The summed E-state index contributed by atoms with van der Waals surface area (Å²) in [5.74, 6) is 0. The molecule has 0 saturated carbocycles. The van der Waals surface area contributed by atoms with Crippen LogP contribution in [0.3, 0.4) is 0 Å². The van der Waals surface area contributed by atoms with Gasteiger partial charge in [0.05, 0.1) is 23.4 Å². The normalized spacial score (nSPS) is 17.4. The van der Waals surface area contributed by atoms with Gasteiger partial charge in [0.1, 0.15) is 0 Å². The molecule has 2 N–H and O–H groups in total. The number of benzene rings is 2. The molecule has 2 aromatic rings. The van der Waals surface area contributed by atoms with Crippen LogP contribution in [0.25, 0.3) is 5.70 Å². The van der Waals surface area contributed by atoms with Gasteiger partial charge >= 0.3 is 0 Å². The summed E-state index contributed by atoms with van der Waals surface area (Å²) in [6.45, 7) is 0. The molecule has 0 amide bonds. The van der Waals surface area contributed by atoms with E-state index in [4.69, 9.17) is 5.26 Å². The SMILES string of the molecule is N#Cc1cccc(C2=CC(c3ccccc3)NN2)c1. The minimum atomic E-state index is 0.155. The fourth-order valence-corrected chi connectivity index (χ4v) is 2.17. The highest BCUT2D eigenvalue weighted by atomic mass is 15.4. The molecule has 92 valence electrons. The van der Waals surface area contributed by atoms with Crippen LogP contribution < -0.4 is 10.9 Å². The third kappa shape index (κ3) is 2.35. The van der Waals surface area contributed by atoms with Crippen LogP contribution in [-0.4, -0.2) is 0 Å². The quantitative estimate of drug-likeness (QED) is 0.857. The van der Waals surface area contributed by atoms with E-state index in [9.17, 15) is 0 Å². The van der Waals surface area contributed by atoms with Crippen molar-refractivity contribution in [2.24, 2.45) is 0 Å². The maximum absolute atomic E-state index is 8.93. The van der Waals surface area contributed by atoms with Crippen LogP contribution in [0.5, 0.6) is 0 Å². The molecular weight excluding hydrogens is 234 g/mol. The van der Waals surface area contributed by atoms with Gasteiger partial charge in [0.15, 0.2) is 0 Å². The van der Waals surface area contributed by atoms with Gasteiger partial charge in [0.2, 0.25) is 0 Å². The van der Waals surface area contributed by atoms with Gasteiger partial charge in [-0.2, -0.15) is 5.26 Å². The van der Waals surface area contributed by atoms with Gasteiger partial charge in [-0.15, -0.1) is 0 Å². The van der Waals surface area contributed by atoms with Crippen molar-refractivity contribution >= 4 is 5.70 Å². The molecule has 1 atom stereocenters. The number of nitrogens with one attached hydrogen (secondary N) is 2. The van der Waals surface area contributed by atoms with Crippen molar-refractivity contribution in [1.82, 2.24) is 10.9 Å². The summed E-state index contributed by atoms with van der Waals surface area (Å²) in [6.07, 6.45) is 2.13. The predicted molar refractivity (Wildman–Crippen MR) is 74.6 cm³/mol. The highest BCUT2D eigenvalue weighted by Gasteiger charge is 2.17. The number of nitriles is 1. The highest BCUT2D eigenvalue weighted by Crippen LogP contribution is 2.24. The summed E-state index contributed by atoms with van der Waals surface area (Å²) < 4.78 is 0. The Kier molecular flexibility index (Phi) is 3.01. The number of hydrogen-bond acceptors (Lipinski definition) is 3. The van der Waals surface area contributed by atoms with Gasteiger partial charge in [-0.3, -0.25) is 0 Å². The molecular formula is C16H13N3. The van der Waals surface area contributed by atoms with Crippen molar-refractivity contribution in [3.8, 4) is 6.07 Å². The second kappa shape index (κ2) is 4.97. The van der Waals surface area contributed by atoms with Crippen molar-refractivity contribution < 1.29 is 0 Å². The Morgan fingerprint density at radius 1 is 1.00 bits per heavy atom. The standard InChI is InChI=1S/C16H13N3/c17-11-12-5-4-8-14(9-12)16-10-15(18-19-16)13-6-2-1-3-7-13/h1-10,15,18-19H. The van der Waals surface area contributed by atoms with Gasteiger partial charge in [-0.1, -0.05) is 42.5 Å². The molecule has 3 heteroatoms. The van der Waals surface area contributed by atoms with Crippen LogP contribution >= 0.6 is 0 Å². The third-order valence-corrected chi connectivity index (χ3v) is 3.16. The van der Waals surface area contributed by atoms with Crippen molar-refractivity contribution in [3.05, 3.63) is 77.4 Å². The monoisotopic (exact) mass is 247 g/mol. The molecule has 1 heterocycles. The molecule has 2 aromatic carbocycles. The van der Waals surface area contributed by atoms with Crippen LogP contribution in [0.2, 0.25) is 0 Å². The molecule has 0 saturated heterocycles. The van der Waals surface area contributed by atoms with Crippen LogP contribution in [0.15, 0.2) is 60.7 Å². The number of rotatable bonds is 2. The van der Waals surface area contributed by atoms with Gasteiger partial charge in [0, 0.05) is 0 Å². The zero-order valence-electron chi connectivity index (χ0n) is 10.3. The first-order valence-corrected chi connectivity index (χ1v) is 6.16. The lowest BCUT2D eigenvalue weighted by molar-refractivity contribution is 0.616. The van der Waals surface area contributed by atoms with E-state index in [-0.39, 0.29) is 6.04 Å². The van der Waals surface area contributed by atoms with Gasteiger partial charge in [-0.05, 0) is 29.3 Å². The summed E-state index contributed by atoms with van der Waals surface area (Å²) >= 11 is 0. The summed E-state index contributed by atoms with van der Waals surface area (Å²) in [7, 11) is 0. The second-order valence-corrected chi connectivity index (χ2v) is 4.43. The second-order valence-electron chi connectivity index (χ2n) is 4.43. The third-order valence-electron chi connectivity index (χ3n) is 3.16. The lowest BCUT2D eigenvalue weighted by atomic mass is 10.0. The highest BCUT2D eigenvalue weighted by molar-refractivity contribution is 5.67. The number of hydrogen-bond donors (Lipinski definition) is 2. The first kappa shape index (κ1) is 11.5. The first-order chi connectivity index (χ1) is 9.36. The van der Waals surface area contributed by atoms with E-state index >= 15 is 0 Å². The van der Waals surface area contributed by atoms with E-state index < -0.39 is 0 Å². The molecule has 0 aromatic heterocycles. The largest absolute Gasteiger partial charge is 0.320 e. The molecule has 19 heavy (non-hydrogen) atoms. The van der Waals surface area contributed by atoms with Gasteiger partial charge < -0.3 is 5.43 Å².